The van der Waals surface area contributed by atoms with Crippen molar-refractivity contribution in [3.63, 3.8) is 0 Å². The van der Waals surface area contributed by atoms with E-state index >= 15 is 0 Å². The Kier molecular flexibility index (Phi) is 5.47. The summed E-state index contributed by atoms with van der Waals surface area (Å²) < 4.78 is 10.5. The van der Waals surface area contributed by atoms with Gasteiger partial charge < -0.3 is 9.47 Å². The van der Waals surface area contributed by atoms with E-state index in [1.165, 1.54) is 6.08 Å². The number of ketones is 1. The Balaban J connectivity index is 2.28. The number of ether oxygens (including phenoxy) is 2. The smallest absolute Gasteiger partial charge is 0.185 e. The topological polar surface area (TPSA) is 35.5 Å². The maximum absolute atomic E-state index is 12.2. The Morgan fingerprint density at radius 1 is 1.05 bits per heavy atom. The highest BCUT2D eigenvalue weighted by Crippen LogP contribution is 2.31. The molecule has 5 heteroatoms. The maximum atomic E-state index is 12.2. The van der Waals surface area contributed by atoms with E-state index in [0.717, 1.165) is 5.56 Å². The first-order valence-electron chi connectivity index (χ1n) is 6.45. The molecule has 0 radical (unpaired) electrons. The van der Waals surface area contributed by atoms with Crippen molar-refractivity contribution in [2.24, 2.45) is 0 Å². The fraction of sp³-hybridized carbons (Fsp3) is 0.118. The third-order valence-electron chi connectivity index (χ3n) is 3.05. The SMILES string of the molecule is COc1cccc(/C=C\C(=O)c2ccc(Cl)c(Cl)c2)c1OC. The normalized spacial score (nSPS) is 10.7. The minimum Gasteiger partial charge on any atom is -0.493 e. The highest BCUT2D eigenvalue weighted by Gasteiger charge is 2.09. The van der Waals surface area contributed by atoms with Crippen molar-refractivity contribution >= 4 is 35.1 Å². The molecule has 0 heterocycles. The average Bonchev–Trinajstić information content (AvgIpc) is 2.54. The first-order chi connectivity index (χ1) is 10.6. The number of hydrogen-bond donors (Lipinski definition) is 0. The highest BCUT2D eigenvalue weighted by atomic mass is 35.5. The second kappa shape index (κ2) is 7.34. The third kappa shape index (κ3) is 3.62. The lowest BCUT2D eigenvalue weighted by atomic mass is 10.1. The molecule has 0 aliphatic heterocycles. The van der Waals surface area contributed by atoms with Crippen molar-refractivity contribution in [2.45, 2.75) is 0 Å². The van der Waals surface area contributed by atoms with E-state index in [2.05, 4.69) is 0 Å². The standard InChI is InChI=1S/C17H14Cl2O3/c1-21-16-5-3-4-11(17(16)22-2)7-9-15(20)12-6-8-13(18)14(19)10-12/h3-10H,1-2H3/b9-7-. The number of benzene rings is 2. The van der Waals surface area contributed by atoms with E-state index in [-0.39, 0.29) is 5.78 Å². The summed E-state index contributed by atoms with van der Waals surface area (Å²) in [5, 5.41) is 0.761. The van der Waals surface area contributed by atoms with Crippen LogP contribution in [0.3, 0.4) is 0 Å². The van der Waals surface area contributed by atoms with Gasteiger partial charge in [-0.25, -0.2) is 0 Å². The Hall–Kier alpha value is -1.97. The quantitative estimate of drug-likeness (QED) is 0.575. The molecule has 3 nitrogen and oxygen atoms in total. The van der Waals surface area contributed by atoms with E-state index in [0.29, 0.717) is 27.1 Å². The van der Waals surface area contributed by atoms with Crippen molar-refractivity contribution in [3.8, 4) is 11.5 Å². The van der Waals surface area contributed by atoms with Crippen LogP contribution in [0, 0.1) is 0 Å². The number of rotatable bonds is 5. The summed E-state index contributed by atoms with van der Waals surface area (Å²) in [6, 6.07) is 10.2. The van der Waals surface area contributed by atoms with E-state index in [4.69, 9.17) is 32.7 Å². The molecule has 0 atom stereocenters. The molecule has 0 unspecified atom stereocenters. The van der Waals surface area contributed by atoms with Gasteiger partial charge in [0.15, 0.2) is 17.3 Å². The molecular weight excluding hydrogens is 323 g/mol. The van der Waals surface area contributed by atoms with Crippen LogP contribution in [-0.2, 0) is 0 Å². The van der Waals surface area contributed by atoms with Gasteiger partial charge in [0.1, 0.15) is 0 Å². The molecule has 114 valence electrons. The van der Waals surface area contributed by atoms with Crippen LogP contribution in [-0.4, -0.2) is 20.0 Å². The van der Waals surface area contributed by atoms with Gasteiger partial charge >= 0.3 is 0 Å². The Bertz CT molecular complexity index is 724. The zero-order chi connectivity index (χ0) is 16.1. The van der Waals surface area contributed by atoms with Crippen molar-refractivity contribution in [2.75, 3.05) is 14.2 Å². The predicted octanol–water partition coefficient (Wildman–Crippen LogP) is 4.91. The summed E-state index contributed by atoms with van der Waals surface area (Å²) in [6.45, 7) is 0. The lowest BCUT2D eigenvalue weighted by molar-refractivity contribution is 0.104. The molecule has 22 heavy (non-hydrogen) atoms. The molecule has 0 saturated heterocycles. The van der Waals surface area contributed by atoms with Crippen LogP contribution in [0.25, 0.3) is 6.08 Å². The van der Waals surface area contributed by atoms with Gasteiger partial charge in [0.05, 0.1) is 24.3 Å². The number of carbonyl (C=O) groups excluding carboxylic acids is 1. The molecular formula is C17H14Cl2O3. The first-order valence-corrected chi connectivity index (χ1v) is 7.21. The van der Waals surface area contributed by atoms with E-state index in [1.807, 2.05) is 12.1 Å². The Morgan fingerprint density at radius 3 is 2.45 bits per heavy atom. The summed E-state index contributed by atoms with van der Waals surface area (Å²) in [4.78, 5) is 12.2. The molecule has 0 aromatic heterocycles. The second-order valence-electron chi connectivity index (χ2n) is 4.41. The van der Waals surface area contributed by atoms with Crippen LogP contribution in [0.5, 0.6) is 11.5 Å². The maximum Gasteiger partial charge on any atom is 0.185 e. The van der Waals surface area contributed by atoms with Crippen LogP contribution in [0.2, 0.25) is 10.0 Å². The first kappa shape index (κ1) is 16.4. The van der Waals surface area contributed by atoms with Crippen LogP contribution in [0.4, 0.5) is 0 Å². The minimum absolute atomic E-state index is 0.177. The van der Waals surface area contributed by atoms with Crippen LogP contribution in [0.1, 0.15) is 15.9 Å². The van der Waals surface area contributed by atoms with Crippen molar-refractivity contribution in [1.82, 2.24) is 0 Å². The molecule has 0 saturated carbocycles. The molecule has 0 amide bonds. The number of carbonyl (C=O) groups is 1. The lowest BCUT2D eigenvalue weighted by Gasteiger charge is -2.09. The molecule has 0 aliphatic carbocycles. The molecule has 0 fully saturated rings. The van der Waals surface area contributed by atoms with E-state index < -0.39 is 0 Å². The van der Waals surface area contributed by atoms with Gasteiger partial charge in [-0.3, -0.25) is 4.79 Å². The number of halogens is 2. The molecule has 0 aliphatic rings. The van der Waals surface area contributed by atoms with Gasteiger partial charge in [0.2, 0.25) is 0 Å². The van der Waals surface area contributed by atoms with Crippen molar-refractivity contribution in [3.05, 3.63) is 63.6 Å². The average molecular weight is 337 g/mol. The fourth-order valence-electron chi connectivity index (χ4n) is 1.95. The Labute approximate surface area is 139 Å². The van der Waals surface area contributed by atoms with Gasteiger partial charge in [-0.2, -0.15) is 0 Å². The van der Waals surface area contributed by atoms with Crippen LogP contribution in [0.15, 0.2) is 42.5 Å². The van der Waals surface area contributed by atoms with Crippen molar-refractivity contribution in [1.29, 1.82) is 0 Å². The highest BCUT2D eigenvalue weighted by molar-refractivity contribution is 6.42. The largest absolute Gasteiger partial charge is 0.493 e. The lowest BCUT2D eigenvalue weighted by Crippen LogP contribution is -1.95. The van der Waals surface area contributed by atoms with Gasteiger partial charge in [0, 0.05) is 11.1 Å². The monoisotopic (exact) mass is 336 g/mol. The molecule has 2 aromatic rings. The predicted molar refractivity (Wildman–Crippen MR) is 89.4 cm³/mol. The molecule has 0 spiro atoms. The summed E-state index contributed by atoms with van der Waals surface area (Å²) in [5.41, 5.74) is 1.21. The van der Waals surface area contributed by atoms with Gasteiger partial charge in [-0.05, 0) is 36.4 Å². The van der Waals surface area contributed by atoms with Gasteiger partial charge in [-0.1, -0.05) is 35.3 Å². The number of hydrogen-bond acceptors (Lipinski definition) is 3. The van der Waals surface area contributed by atoms with E-state index in [9.17, 15) is 4.79 Å². The number of methoxy groups -OCH3 is 2. The summed E-state index contributed by atoms with van der Waals surface area (Å²) in [7, 11) is 3.11. The van der Waals surface area contributed by atoms with Crippen molar-refractivity contribution < 1.29 is 14.3 Å². The van der Waals surface area contributed by atoms with Crippen LogP contribution < -0.4 is 9.47 Å². The molecule has 2 aromatic carbocycles. The number of para-hydroxylation sites is 1. The molecule has 2 rings (SSSR count). The summed E-state index contributed by atoms with van der Waals surface area (Å²) >= 11 is 11.8. The number of allylic oxidation sites excluding steroid dienone is 1. The second-order valence-corrected chi connectivity index (χ2v) is 5.22. The summed E-state index contributed by atoms with van der Waals surface area (Å²) in [6.07, 6.45) is 3.13. The Morgan fingerprint density at radius 2 is 1.82 bits per heavy atom. The molecule has 0 N–H and O–H groups in total. The fourth-order valence-corrected chi connectivity index (χ4v) is 2.25. The summed E-state index contributed by atoms with van der Waals surface area (Å²) in [5.74, 6) is 0.998. The zero-order valence-electron chi connectivity index (χ0n) is 12.1. The zero-order valence-corrected chi connectivity index (χ0v) is 13.6. The molecule has 0 bridgehead atoms. The third-order valence-corrected chi connectivity index (χ3v) is 3.79. The van der Waals surface area contributed by atoms with Gasteiger partial charge in [0.25, 0.3) is 0 Å². The van der Waals surface area contributed by atoms with Crippen LogP contribution >= 0.6 is 23.2 Å². The minimum atomic E-state index is -0.177. The van der Waals surface area contributed by atoms with E-state index in [1.54, 1.807) is 44.6 Å². The van der Waals surface area contributed by atoms with Gasteiger partial charge in [-0.15, -0.1) is 0 Å².